The Hall–Kier alpha value is -5.32. The zero-order valence-electron chi connectivity index (χ0n) is 26.6. The average molecular weight is 636 g/mol. The Labute approximate surface area is 283 Å². The Morgan fingerprint density at radius 2 is 1.46 bits per heavy atom. The number of fused-ring (bicyclic) bond motifs is 8. The minimum absolute atomic E-state index is 0.119. The lowest BCUT2D eigenvalue weighted by Gasteiger charge is -2.21. The van der Waals surface area contributed by atoms with Crippen molar-refractivity contribution in [1.29, 1.82) is 0 Å². The SMILES string of the molecule is C1=CCCC(C2=CC=C(c3nc(C4C=CC(n5c6ccccc6c6c7sc8ccccc8c7ccc65)=CC4)nc4ccccc34)CC2)=C1. The number of benzene rings is 4. The number of aromatic nitrogens is 3. The van der Waals surface area contributed by atoms with Gasteiger partial charge in [-0.1, -0.05) is 103 Å². The molecule has 0 aliphatic heterocycles. The zero-order chi connectivity index (χ0) is 31.6. The molecule has 0 bridgehead atoms. The first-order chi connectivity index (χ1) is 23.8. The summed E-state index contributed by atoms with van der Waals surface area (Å²) in [5, 5.41) is 6.46. The number of allylic oxidation sites excluding steroid dienone is 12. The van der Waals surface area contributed by atoms with Crippen LogP contribution in [0.1, 0.15) is 49.5 Å². The summed E-state index contributed by atoms with van der Waals surface area (Å²) in [5.74, 6) is 1.02. The molecule has 0 saturated heterocycles. The number of rotatable bonds is 4. The molecule has 3 aromatic heterocycles. The van der Waals surface area contributed by atoms with Gasteiger partial charge in [0.15, 0.2) is 0 Å². The molecule has 3 aliphatic carbocycles. The standard InChI is InChI=1S/C44H33N3S/c1-2-10-28(11-3-1)29-18-20-30(21-19-29)42-35-13-4-7-15-37(35)45-44(46-42)31-22-24-32(25-23-31)47-38-16-8-5-14-36(38)41-39(47)27-26-34-33-12-6-9-17-40(33)48-43(34)41/h1-2,4-10,12-18,20,22,24-27,31H,3,11,19,21,23H2. The minimum Gasteiger partial charge on any atom is -0.310 e. The van der Waals surface area contributed by atoms with E-state index in [1.54, 1.807) is 0 Å². The summed E-state index contributed by atoms with van der Waals surface area (Å²) >= 11 is 1.90. The second kappa shape index (κ2) is 11.1. The third kappa shape index (κ3) is 4.40. The van der Waals surface area contributed by atoms with Gasteiger partial charge >= 0.3 is 0 Å². The molecular formula is C44H33N3S. The summed E-state index contributed by atoms with van der Waals surface area (Å²) in [5.41, 5.74) is 10.1. The van der Waals surface area contributed by atoms with Crippen LogP contribution in [0.3, 0.4) is 0 Å². The van der Waals surface area contributed by atoms with E-state index >= 15 is 0 Å². The number of para-hydroxylation sites is 2. The highest BCUT2D eigenvalue weighted by Gasteiger charge is 2.23. The fourth-order valence-electron chi connectivity index (χ4n) is 7.96. The van der Waals surface area contributed by atoms with Gasteiger partial charge in [0.05, 0.1) is 22.2 Å². The molecule has 3 aliphatic rings. The van der Waals surface area contributed by atoms with Crippen LogP contribution in [0, 0.1) is 0 Å². The second-order valence-corrected chi connectivity index (χ2v) is 14.2. The highest BCUT2D eigenvalue weighted by molar-refractivity contribution is 7.26. The first-order valence-electron chi connectivity index (χ1n) is 17.1. The highest BCUT2D eigenvalue weighted by Crippen LogP contribution is 2.44. The summed E-state index contributed by atoms with van der Waals surface area (Å²) in [6, 6.07) is 30.8. The van der Waals surface area contributed by atoms with Gasteiger partial charge < -0.3 is 4.57 Å². The number of hydrogen-bond acceptors (Lipinski definition) is 3. The van der Waals surface area contributed by atoms with Crippen LogP contribution >= 0.6 is 11.3 Å². The molecule has 0 fully saturated rings. The molecule has 10 rings (SSSR count). The largest absolute Gasteiger partial charge is 0.310 e. The lowest BCUT2D eigenvalue weighted by Crippen LogP contribution is -2.09. The topological polar surface area (TPSA) is 30.7 Å². The van der Waals surface area contributed by atoms with Crippen molar-refractivity contribution in [1.82, 2.24) is 14.5 Å². The van der Waals surface area contributed by atoms with E-state index in [4.69, 9.17) is 9.97 Å². The molecule has 230 valence electrons. The molecule has 0 spiro atoms. The first-order valence-corrected chi connectivity index (χ1v) is 17.9. The molecule has 1 unspecified atom stereocenters. The van der Waals surface area contributed by atoms with E-state index in [0.29, 0.717) is 0 Å². The maximum Gasteiger partial charge on any atom is 0.136 e. The maximum atomic E-state index is 5.31. The van der Waals surface area contributed by atoms with Gasteiger partial charge in [0.2, 0.25) is 0 Å². The number of nitrogens with zero attached hydrogens (tertiary/aromatic N) is 3. The van der Waals surface area contributed by atoms with Crippen molar-refractivity contribution in [2.75, 3.05) is 0 Å². The molecule has 4 heteroatoms. The summed E-state index contributed by atoms with van der Waals surface area (Å²) < 4.78 is 5.15. The van der Waals surface area contributed by atoms with Gasteiger partial charge in [-0.3, -0.25) is 0 Å². The highest BCUT2D eigenvalue weighted by atomic mass is 32.1. The molecule has 4 aromatic carbocycles. The fraction of sp³-hybridized carbons (Fsp3) is 0.136. The van der Waals surface area contributed by atoms with Crippen molar-refractivity contribution in [3.05, 3.63) is 156 Å². The molecule has 0 amide bonds. The van der Waals surface area contributed by atoms with Crippen LogP contribution in [0.4, 0.5) is 0 Å². The van der Waals surface area contributed by atoms with E-state index in [1.807, 2.05) is 11.3 Å². The van der Waals surface area contributed by atoms with E-state index in [9.17, 15) is 0 Å². The van der Waals surface area contributed by atoms with Crippen molar-refractivity contribution < 1.29 is 0 Å². The van der Waals surface area contributed by atoms with Crippen molar-refractivity contribution >= 4 is 75.5 Å². The van der Waals surface area contributed by atoms with E-state index in [0.717, 1.165) is 54.5 Å². The van der Waals surface area contributed by atoms with Crippen molar-refractivity contribution in [2.45, 2.75) is 38.0 Å². The van der Waals surface area contributed by atoms with Crippen LogP contribution in [-0.4, -0.2) is 14.5 Å². The quantitative estimate of drug-likeness (QED) is 0.193. The van der Waals surface area contributed by atoms with E-state index in [2.05, 4.69) is 138 Å². The normalized spacial score (nSPS) is 18.1. The Bertz CT molecular complexity index is 2650. The van der Waals surface area contributed by atoms with Gasteiger partial charge in [0.25, 0.3) is 0 Å². The number of hydrogen-bond donors (Lipinski definition) is 0. The molecule has 3 nitrogen and oxygen atoms in total. The van der Waals surface area contributed by atoms with Gasteiger partial charge in [-0.25, -0.2) is 9.97 Å². The molecule has 0 radical (unpaired) electrons. The van der Waals surface area contributed by atoms with Gasteiger partial charge in [-0.15, -0.1) is 11.3 Å². The van der Waals surface area contributed by atoms with Gasteiger partial charge in [0.1, 0.15) is 5.82 Å². The predicted molar refractivity (Wildman–Crippen MR) is 204 cm³/mol. The van der Waals surface area contributed by atoms with Gasteiger partial charge in [-0.05, 0) is 79.2 Å². The lowest BCUT2D eigenvalue weighted by atomic mass is 9.87. The molecular weight excluding hydrogens is 603 g/mol. The minimum atomic E-state index is 0.119. The maximum absolute atomic E-state index is 5.31. The molecule has 3 heterocycles. The van der Waals surface area contributed by atoms with Gasteiger partial charge in [-0.2, -0.15) is 0 Å². The third-order valence-electron chi connectivity index (χ3n) is 10.4. The first kappa shape index (κ1) is 27.8. The molecule has 7 aromatic rings. The van der Waals surface area contributed by atoms with Crippen LogP contribution in [0.5, 0.6) is 0 Å². The summed E-state index contributed by atoms with van der Waals surface area (Å²) in [6.45, 7) is 0. The molecule has 48 heavy (non-hydrogen) atoms. The molecule has 1 atom stereocenters. The van der Waals surface area contributed by atoms with Crippen LogP contribution < -0.4 is 0 Å². The second-order valence-electron chi connectivity index (χ2n) is 13.1. The van der Waals surface area contributed by atoms with Crippen LogP contribution in [0.15, 0.2) is 145 Å². The van der Waals surface area contributed by atoms with Crippen LogP contribution in [-0.2, 0) is 0 Å². The fourth-order valence-corrected chi connectivity index (χ4v) is 9.22. The van der Waals surface area contributed by atoms with Gasteiger partial charge in [0, 0.05) is 47.9 Å². The average Bonchev–Trinajstić information content (AvgIpc) is 3.71. The van der Waals surface area contributed by atoms with Crippen molar-refractivity contribution in [3.8, 4) is 0 Å². The molecule has 0 N–H and O–H groups in total. The monoisotopic (exact) mass is 635 g/mol. The Morgan fingerprint density at radius 1 is 0.667 bits per heavy atom. The third-order valence-corrected chi connectivity index (χ3v) is 11.6. The van der Waals surface area contributed by atoms with E-state index in [1.165, 1.54) is 64.4 Å². The smallest absolute Gasteiger partial charge is 0.136 e. The van der Waals surface area contributed by atoms with E-state index < -0.39 is 0 Å². The summed E-state index contributed by atoms with van der Waals surface area (Å²) in [7, 11) is 0. The van der Waals surface area contributed by atoms with Crippen LogP contribution in [0.25, 0.3) is 64.2 Å². The summed E-state index contributed by atoms with van der Waals surface area (Å²) in [4.78, 5) is 10.4. The zero-order valence-corrected chi connectivity index (χ0v) is 27.4. The summed E-state index contributed by atoms with van der Waals surface area (Å²) in [6.07, 6.45) is 23.5. The van der Waals surface area contributed by atoms with Crippen molar-refractivity contribution in [2.24, 2.45) is 0 Å². The lowest BCUT2D eigenvalue weighted by molar-refractivity contribution is 0.774. The predicted octanol–water partition coefficient (Wildman–Crippen LogP) is 12.1. The van der Waals surface area contributed by atoms with E-state index in [-0.39, 0.29) is 5.92 Å². The molecule has 0 saturated carbocycles. The number of thiophene rings is 1. The Morgan fingerprint density at radius 3 is 2.29 bits per heavy atom. The Kier molecular flexibility index (Phi) is 6.44. The van der Waals surface area contributed by atoms with Crippen LogP contribution in [0.2, 0.25) is 0 Å². The van der Waals surface area contributed by atoms with Crippen molar-refractivity contribution in [3.63, 3.8) is 0 Å². The Balaban J connectivity index is 1.04.